The smallest absolute Gasteiger partial charge is 0.164 e. The lowest BCUT2D eigenvalue weighted by Crippen LogP contribution is -2.00. The van der Waals surface area contributed by atoms with Crippen molar-refractivity contribution in [3.05, 3.63) is 176 Å². The van der Waals surface area contributed by atoms with Crippen LogP contribution < -0.4 is 0 Å². The number of rotatable bonds is 5. The largest absolute Gasteiger partial charge is 0.456 e. The summed E-state index contributed by atoms with van der Waals surface area (Å²) >= 11 is 1.84. The molecular formula is C51H29N3O2S. The number of benzene rings is 8. The molecule has 12 aromatic rings. The van der Waals surface area contributed by atoms with Gasteiger partial charge in [0.2, 0.25) is 0 Å². The van der Waals surface area contributed by atoms with Crippen LogP contribution in [0.1, 0.15) is 0 Å². The molecule has 4 heterocycles. The molecule has 57 heavy (non-hydrogen) atoms. The third-order valence-corrected chi connectivity index (χ3v) is 12.2. The Morgan fingerprint density at radius 3 is 1.75 bits per heavy atom. The van der Waals surface area contributed by atoms with E-state index in [1.165, 1.54) is 36.9 Å². The van der Waals surface area contributed by atoms with E-state index in [1.54, 1.807) is 0 Å². The van der Waals surface area contributed by atoms with E-state index in [0.717, 1.165) is 66.1 Å². The fraction of sp³-hybridized carbons (Fsp3) is 0. The second-order valence-corrected chi connectivity index (χ2v) is 15.4. The summed E-state index contributed by atoms with van der Waals surface area (Å²) in [5.41, 5.74) is 10.8. The highest BCUT2D eigenvalue weighted by molar-refractivity contribution is 7.26. The van der Waals surface area contributed by atoms with Gasteiger partial charge in [-0.2, -0.15) is 0 Å². The predicted molar refractivity (Wildman–Crippen MR) is 234 cm³/mol. The number of para-hydroxylation sites is 1. The van der Waals surface area contributed by atoms with Crippen LogP contribution in [0.2, 0.25) is 0 Å². The number of hydrogen-bond acceptors (Lipinski definition) is 6. The molecule has 12 rings (SSSR count). The molecule has 0 atom stereocenters. The third-order valence-electron chi connectivity index (χ3n) is 11.0. The van der Waals surface area contributed by atoms with Crippen molar-refractivity contribution >= 4 is 75.4 Å². The van der Waals surface area contributed by atoms with E-state index in [9.17, 15) is 0 Å². The first-order valence-electron chi connectivity index (χ1n) is 18.9. The van der Waals surface area contributed by atoms with Crippen LogP contribution in [0.25, 0.3) is 120 Å². The van der Waals surface area contributed by atoms with Crippen molar-refractivity contribution in [3.8, 4) is 56.4 Å². The van der Waals surface area contributed by atoms with E-state index in [4.69, 9.17) is 23.8 Å². The second-order valence-electron chi connectivity index (χ2n) is 14.3. The number of nitrogens with zero attached hydrogens (tertiary/aromatic N) is 3. The van der Waals surface area contributed by atoms with E-state index < -0.39 is 0 Å². The monoisotopic (exact) mass is 747 g/mol. The Morgan fingerprint density at radius 2 is 0.947 bits per heavy atom. The molecule has 4 aromatic heterocycles. The first-order valence-corrected chi connectivity index (χ1v) is 19.7. The van der Waals surface area contributed by atoms with Crippen LogP contribution in [0.3, 0.4) is 0 Å². The van der Waals surface area contributed by atoms with E-state index in [0.29, 0.717) is 17.5 Å². The average molecular weight is 748 g/mol. The Labute approximate surface area is 330 Å². The third kappa shape index (κ3) is 5.12. The van der Waals surface area contributed by atoms with Crippen molar-refractivity contribution in [2.45, 2.75) is 0 Å². The molecule has 0 aliphatic carbocycles. The second kappa shape index (κ2) is 12.6. The SMILES string of the molecule is c1ccc(-c2nc(-c3ccccc3)nc(-c3cccc4oc5cc(-c6ccc(-c7ccc8oc9ccccc9c8c7)c7sc8ccccc8c67)ccc5c34)n2)cc1. The van der Waals surface area contributed by atoms with Gasteiger partial charge >= 0.3 is 0 Å². The lowest BCUT2D eigenvalue weighted by molar-refractivity contribution is 0.668. The summed E-state index contributed by atoms with van der Waals surface area (Å²) in [5.74, 6) is 1.85. The van der Waals surface area contributed by atoms with Gasteiger partial charge in [0, 0.05) is 58.4 Å². The molecule has 0 bridgehead atoms. The number of hydrogen-bond donors (Lipinski definition) is 0. The van der Waals surface area contributed by atoms with Crippen LogP contribution in [0.15, 0.2) is 185 Å². The first-order chi connectivity index (χ1) is 28.2. The van der Waals surface area contributed by atoms with Crippen LogP contribution in [0.5, 0.6) is 0 Å². The Morgan fingerprint density at radius 1 is 0.333 bits per heavy atom. The Bertz CT molecular complexity index is 3470. The minimum absolute atomic E-state index is 0.601. The first kappa shape index (κ1) is 31.9. The molecule has 0 spiro atoms. The van der Waals surface area contributed by atoms with Crippen LogP contribution in [-0.2, 0) is 0 Å². The van der Waals surface area contributed by atoms with Gasteiger partial charge < -0.3 is 8.83 Å². The normalized spacial score (nSPS) is 11.9. The van der Waals surface area contributed by atoms with Crippen LogP contribution in [0.4, 0.5) is 0 Å². The molecule has 6 heteroatoms. The summed E-state index contributed by atoms with van der Waals surface area (Å²) in [6.07, 6.45) is 0. The van der Waals surface area contributed by atoms with Gasteiger partial charge in [-0.25, -0.2) is 15.0 Å². The summed E-state index contributed by atoms with van der Waals surface area (Å²) in [4.78, 5) is 15.0. The molecule has 0 saturated carbocycles. The molecule has 0 unspecified atom stereocenters. The van der Waals surface area contributed by atoms with E-state index in [-0.39, 0.29) is 0 Å². The van der Waals surface area contributed by atoms with Gasteiger partial charge in [0.15, 0.2) is 17.5 Å². The topological polar surface area (TPSA) is 65.0 Å². The Hall–Kier alpha value is -7.41. The predicted octanol–water partition coefficient (Wildman–Crippen LogP) is 14.4. The lowest BCUT2D eigenvalue weighted by atomic mass is 9.94. The summed E-state index contributed by atoms with van der Waals surface area (Å²) in [5, 5.41) is 6.73. The van der Waals surface area contributed by atoms with Crippen molar-refractivity contribution in [1.29, 1.82) is 0 Å². The average Bonchev–Trinajstić information content (AvgIpc) is 3.98. The quantitative estimate of drug-likeness (QED) is 0.175. The maximum atomic E-state index is 6.67. The van der Waals surface area contributed by atoms with Gasteiger partial charge in [0.05, 0.1) is 0 Å². The molecular weight excluding hydrogens is 719 g/mol. The maximum Gasteiger partial charge on any atom is 0.164 e. The number of aromatic nitrogens is 3. The van der Waals surface area contributed by atoms with Crippen molar-refractivity contribution in [3.63, 3.8) is 0 Å². The highest BCUT2D eigenvalue weighted by atomic mass is 32.1. The minimum Gasteiger partial charge on any atom is -0.456 e. The zero-order valence-electron chi connectivity index (χ0n) is 30.3. The van der Waals surface area contributed by atoms with Crippen LogP contribution in [0, 0.1) is 0 Å². The Kier molecular flexibility index (Phi) is 7.03. The van der Waals surface area contributed by atoms with Gasteiger partial charge in [-0.3, -0.25) is 0 Å². The fourth-order valence-electron chi connectivity index (χ4n) is 8.30. The molecule has 266 valence electrons. The van der Waals surface area contributed by atoms with Gasteiger partial charge in [-0.1, -0.05) is 133 Å². The van der Waals surface area contributed by atoms with E-state index in [1.807, 2.05) is 96.3 Å². The highest BCUT2D eigenvalue weighted by Gasteiger charge is 2.21. The molecule has 8 aromatic carbocycles. The van der Waals surface area contributed by atoms with Crippen molar-refractivity contribution in [1.82, 2.24) is 15.0 Å². The van der Waals surface area contributed by atoms with Gasteiger partial charge in [-0.05, 0) is 64.7 Å². The molecule has 0 radical (unpaired) electrons. The van der Waals surface area contributed by atoms with Crippen molar-refractivity contribution < 1.29 is 8.83 Å². The van der Waals surface area contributed by atoms with Crippen molar-refractivity contribution in [2.75, 3.05) is 0 Å². The standard InChI is InChI=1S/C51H29N3O2S/c1-3-12-30(13-4-1)49-52-50(31-14-5-2-6-15-31)54-51(53-49)39-18-11-20-43-46(39)37-24-22-33(29-44(37)56-43)34-25-26-35(48-47(34)38-17-8-10-21-45(38)57-48)32-23-27-42-40(28-32)36-16-7-9-19-41(36)55-42/h1-29H. The van der Waals surface area contributed by atoms with Crippen LogP contribution >= 0.6 is 11.3 Å². The molecule has 0 fully saturated rings. The summed E-state index contributed by atoms with van der Waals surface area (Å²) in [7, 11) is 0. The van der Waals surface area contributed by atoms with Gasteiger partial charge in [0.25, 0.3) is 0 Å². The van der Waals surface area contributed by atoms with Crippen LogP contribution in [-0.4, -0.2) is 15.0 Å². The highest BCUT2D eigenvalue weighted by Crippen LogP contribution is 2.47. The zero-order chi connectivity index (χ0) is 37.5. The maximum absolute atomic E-state index is 6.67. The zero-order valence-corrected chi connectivity index (χ0v) is 31.1. The molecule has 0 amide bonds. The number of thiophene rings is 1. The fourth-order valence-corrected chi connectivity index (χ4v) is 9.56. The lowest BCUT2D eigenvalue weighted by Gasteiger charge is -2.10. The molecule has 5 nitrogen and oxygen atoms in total. The molecule has 0 N–H and O–H groups in total. The van der Waals surface area contributed by atoms with Gasteiger partial charge in [0.1, 0.15) is 22.3 Å². The van der Waals surface area contributed by atoms with Gasteiger partial charge in [-0.15, -0.1) is 11.3 Å². The minimum atomic E-state index is 0.601. The number of fused-ring (bicyclic) bond motifs is 9. The molecule has 0 saturated heterocycles. The van der Waals surface area contributed by atoms with E-state index >= 15 is 0 Å². The molecule has 0 aliphatic rings. The number of furan rings is 2. The van der Waals surface area contributed by atoms with Crippen molar-refractivity contribution in [2.24, 2.45) is 0 Å². The summed E-state index contributed by atoms with van der Waals surface area (Å²) < 4.78 is 15.4. The summed E-state index contributed by atoms with van der Waals surface area (Å²) in [6.45, 7) is 0. The Balaban J connectivity index is 1.03. The molecule has 0 aliphatic heterocycles. The van der Waals surface area contributed by atoms with E-state index in [2.05, 4.69) is 91.0 Å². The summed E-state index contributed by atoms with van der Waals surface area (Å²) in [6, 6.07) is 60.9.